The van der Waals surface area contributed by atoms with Crippen molar-refractivity contribution in [2.24, 2.45) is 7.05 Å². The molecule has 0 spiro atoms. The lowest BCUT2D eigenvalue weighted by molar-refractivity contribution is 0.711. The maximum atomic E-state index is 4.28. The Balaban J connectivity index is 2.07. The number of rotatable bonds is 3. The van der Waals surface area contributed by atoms with Crippen LogP contribution in [0.2, 0.25) is 0 Å². The Bertz CT molecular complexity index is 470. The Hall–Kier alpha value is -1.98. The third-order valence-corrected chi connectivity index (χ3v) is 2.20. The highest BCUT2D eigenvalue weighted by atomic mass is 15.3. The molecule has 2 aromatic rings. The normalized spacial score (nSPS) is 10.4. The monoisotopic (exact) mass is 218 g/mol. The zero-order chi connectivity index (χ0) is 11.5. The van der Waals surface area contributed by atoms with Crippen LogP contribution >= 0.6 is 0 Å². The minimum Gasteiger partial charge on any atom is -0.363 e. The summed E-state index contributed by atoms with van der Waals surface area (Å²) in [4.78, 5) is 12.6. The molecule has 0 fully saturated rings. The van der Waals surface area contributed by atoms with E-state index < -0.39 is 0 Å². The molecule has 6 heteroatoms. The molecule has 2 heterocycles. The third-order valence-electron chi connectivity index (χ3n) is 2.20. The Morgan fingerprint density at radius 2 is 2.12 bits per heavy atom. The SMILES string of the molecule is Cc1cc(NCc2ncnn2C)nc(C)n1. The molecule has 0 aromatic carbocycles. The molecule has 6 nitrogen and oxygen atoms in total. The molecule has 0 radical (unpaired) electrons. The minimum absolute atomic E-state index is 0.604. The molecule has 0 bridgehead atoms. The standard InChI is InChI=1S/C10H14N6/c1-7-4-9(15-8(2)14-7)11-5-10-12-6-13-16(10)3/h4,6H,5H2,1-3H3,(H,11,14,15). The summed E-state index contributed by atoms with van der Waals surface area (Å²) < 4.78 is 1.73. The lowest BCUT2D eigenvalue weighted by Crippen LogP contribution is -2.08. The first-order valence-corrected chi connectivity index (χ1v) is 5.04. The van der Waals surface area contributed by atoms with E-state index in [0.29, 0.717) is 6.54 Å². The lowest BCUT2D eigenvalue weighted by Gasteiger charge is -2.06. The van der Waals surface area contributed by atoms with Crippen molar-refractivity contribution in [1.29, 1.82) is 0 Å². The first-order valence-electron chi connectivity index (χ1n) is 5.04. The van der Waals surface area contributed by atoms with Crippen LogP contribution in [-0.4, -0.2) is 24.7 Å². The summed E-state index contributed by atoms with van der Waals surface area (Å²) in [6, 6.07) is 1.91. The van der Waals surface area contributed by atoms with E-state index in [4.69, 9.17) is 0 Å². The summed E-state index contributed by atoms with van der Waals surface area (Å²) in [5, 5.41) is 7.19. The molecule has 0 atom stereocenters. The van der Waals surface area contributed by atoms with Gasteiger partial charge in [-0.3, -0.25) is 4.68 Å². The molecular weight excluding hydrogens is 204 g/mol. The number of aromatic nitrogens is 5. The Labute approximate surface area is 93.8 Å². The zero-order valence-corrected chi connectivity index (χ0v) is 9.60. The molecule has 0 aliphatic rings. The average molecular weight is 218 g/mol. The second kappa shape index (κ2) is 4.26. The van der Waals surface area contributed by atoms with Crippen LogP contribution in [0, 0.1) is 13.8 Å². The molecule has 0 saturated heterocycles. The number of nitrogens with one attached hydrogen (secondary N) is 1. The average Bonchev–Trinajstić information content (AvgIpc) is 2.59. The molecule has 0 unspecified atom stereocenters. The summed E-state index contributed by atoms with van der Waals surface area (Å²) >= 11 is 0. The van der Waals surface area contributed by atoms with Gasteiger partial charge in [0.1, 0.15) is 23.8 Å². The van der Waals surface area contributed by atoms with E-state index in [0.717, 1.165) is 23.2 Å². The van der Waals surface area contributed by atoms with Crippen molar-refractivity contribution in [3.63, 3.8) is 0 Å². The Morgan fingerprint density at radius 1 is 1.31 bits per heavy atom. The van der Waals surface area contributed by atoms with Gasteiger partial charge in [-0.05, 0) is 13.8 Å². The highest BCUT2D eigenvalue weighted by Crippen LogP contribution is 2.06. The van der Waals surface area contributed by atoms with Crippen LogP contribution < -0.4 is 5.32 Å². The molecule has 16 heavy (non-hydrogen) atoms. The van der Waals surface area contributed by atoms with Gasteiger partial charge in [-0.1, -0.05) is 0 Å². The molecule has 84 valence electrons. The van der Waals surface area contributed by atoms with E-state index in [1.165, 1.54) is 6.33 Å². The largest absolute Gasteiger partial charge is 0.363 e. The summed E-state index contributed by atoms with van der Waals surface area (Å²) in [7, 11) is 1.86. The molecule has 2 rings (SSSR count). The predicted molar refractivity (Wildman–Crippen MR) is 59.8 cm³/mol. The van der Waals surface area contributed by atoms with E-state index in [1.807, 2.05) is 27.0 Å². The van der Waals surface area contributed by atoms with Gasteiger partial charge in [0.15, 0.2) is 0 Å². The van der Waals surface area contributed by atoms with Crippen LogP contribution in [0.15, 0.2) is 12.4 Å². The van der Waals surface area contributed by atoms with Crippen molar-refractivity contribution in [3.8, 4) is 0 Å². The van der Waals surface area contributed by atoms with E-state index in [-0.39, 0.29) is 0 Å². The number of hydrogen-bond acceptors (Lipinski definition) is 5. The zero-order valence-electron chi connectivity index (χ0n) is 9.60. The van der Waals surface area contributed by atoms with Crippen LogP contribution in [0.25, 0.3) is 0 Å². The minimum atomic E-state index is 0.604. The van der Waals surface area contributed by atoms with Crippen LogP contribution in [0.1, 0.15) is 17.3 Å². The summed E-state index contributed by atoms with van der Waals surface area (Å²) in [6.07, 6.45) is 1.54. The molecule has 2 aromatic heterocycles. The first kappa shape index (κ1) is 10.5. The third kappa shape index (κ3) is 2.33. The van der Waals surface area contributed by atoms with Gasteiger partial charge < -0.3 is 5.32 Å². The number of anilines is 1. The Kier molecular flexibility index (Phi) is 2.80. The van der Waals surface area contributed by atoms with Crippen LogP contribution in [0.4, 0.5) is 5.82 Å². The van der Waals surface area contributed by atoms with Crippen molar-refractivity contribution < 1.29 is 0 Å². The predicted octanol–water partition coefficient (Wildman–Crippen LogP) is 0.834. The van der Waals surface area contributed by atoms with Crippen molar-refractivity contribution in [2.45, 2.75) is 20.4 Å². The first-order chi connectivity index (χ1) is 7.65. The molecule has 0 amide bonds. The van der Waals surface area contributed by atoms with Gasteiger partial charge in [0.05, 0.1) is 6.54 Å². The van der Waals surface area contributed by atoms with Crippen molar-refractivity contribution >= 4 is 5.82 Å². The summed E-state index contributed by atoms with van der Waals surface area (Å²) in [5.74, 6) is 2.45. The van der Waals surface area contributed by atoms with Gasteiger partial charge in [0.2, 0.25) is 0 Å². The fourth-order valence-corrected chi connectivity index (χ4v) is 1.46. The van der Waals surface area contributed by atoms with E-state index >= 15 is 0 Å². The molecule has 0 aliphatic carbocycles. The van der Waals surface area contributed by atoms with E-state index in [9.17, 15) is 0 Å². The second-order valence-corrected chi connectivity index (χ2v) is 3.60. The number of aryl methyl sites for hydroxylation is 3. The highest BCUT2D eigenvalue weighted by molar-refractivity contribution is 5.35. The molecule has 1 N–H and O–H groups in total. The van der Waals surface area contributed by atoms with Gasteiger partial charge >= 0.3 is 0 Å². The number of nitrogens with zero attached hydrogens (tertiary/aromatic N) is 5. The van der Waals surface area contributed by atoms with E-state index in [1.54, 1.807) is 4.68 Å². The lowest BCUT2D eigenvalue weighted by atomic mass is 10.4. The fraction of sp³-hybridized carbons (Fsp3) is 0.400. The van der Waals surface area contributed by atoms with Crippen molar-refractivity contribution in [1.82, 2.24) is 24.7 Å². The van der Waals surface area contributed by atoms with Gasteiger partial charge in [0, 0.05) is 18.8 Å². The van der Waals surface area contributed by atoms with Crippen LogP contribution in [0.5, 0.6) is 0 Å². The topological polar surface area (TPSA) is 68.5 Å². The van der Waals surface area contributed by atoms with Gasteiger partial charge in [-0.25, -0.2) is 15.0 Å². The summed E-state index contributed by atoms with van der Waals surface area (Å²) in [5.41, 5.74) is 0.952. The quantitative estimate of drug-likeness (QED) is 0.826. The molecular formula is C10H14N6. The maximum Gasteiger partial charge on any atom is 0.145 e. The van der Waals surface area contributed by atoms with Gasteiger partial charge in [-0.15, -0.1) is 0 Å². The highest BCUT2D eigenvalue weighted by Gasteiger charge is 2.02. The van der Waals surface area contributed by atoms with Crippen molar-refractivity contribution in [2.75, 3.05) is 5.32 Å². The van der Waals surface area contributed by atoms with Crippen LogP contribution in [0.3, 0.4) is 0 Å². The molecule has 0 aliphatic heterocycles. The van der Waals surface area contributed by atoms with Gasteiger partial charge in [0.25, 0.3) is 0 Å². The molecule has 0 saturated carbocycles. The van der Waals surface area contributed by atoms with Gasteiger partial charge in [-0.2, -0.15) is 5.10 Å². The smallest absolute Gasteiger partial charge is 0.145 e. The second-order valence-electron chi connectivity index (χ2n) is 3.60. The fourth-order valence-electron chi connectivity index (χ4n) is 1.46. The number of hydrogen-bond donors (Lipinski definition) is 1. The van der Waals surface area contributed by atoms with E-state index in [2.05, 4.69) is 25.4 Å². The Morgan fingerprint density at radius 3 is 2.75 bits per heavy atom. The maximum absolute atomic E-state index is 4.28. The van der Waals surface area contributed by atoms with Crippen LogP contribution in [-0.2, 0) is 13.6 Å². The van der Waals surface area contributed by atoms with Crippen molar-refractivity contribution in [3.05, 3.63) is 29.7 Å². The summed E-state index contributed by atoms with van der Waals surface area (Å²) in [6.45, 7) is 4.43.